The van der Waals surface area contributed by atoms with Gasteiger partial charge in [-0.1, -0.05) is 0 Å². The minimum atomic E-state index is -0.280. The smallest absolute Gasteiger partial charge is 0.142 e. The highest BCUT2D eigenvalue weighted by Crippen LogP contribution is 2.24. The zero-order valence-corrected chi connectivity index (χ0v) is 8.26. The molecule has 0 saturated carbocycles. The molecule has 4 heteroatoms. The van der Waals surface area contributed by atoms with Crippen molar-refractivity contribution in [3.05, 3.63) is 29.8 Å². The molecule has 0 aliphatic carbocycles. The number of aromatic nitrogens is 2. The summed E-state index contributed by atoms with van der Waals surface area (Å²) < 4.78 is 12.9. The summed E-state index contributed by atoms with van der Waals surface area (Å²) in [5, 5.41) is 4.17. The van der Waals surface area contributed by atoms with Gasteiger partial charge in [-0.25, -0.2) is 9.37 Å². The van der Waals surface area contributed by atoms with Crippen LogP contribution >= 0.6 is 0 Å². The fourth-order valence-electron chi connectivity index (χ4n) is 2.15. The number of aromatic amines is 1. The first-order valence-electron chi connectivity index (χ1n) is 5.18. The van der Waals surface area contributed by atoms with Gasteiger partial charge in [0, 0.05) is 23.5 Å². The highest BCUT2D eigenvalue weighted by Gasteiger charge is 2.18. The lowest BCUT2D eigenvalue weighted by molar-refractivity contribution is 0.624. The maximum Gasteiger partial charge on any atom is 0.142 e. The van der Waals surface area contributed by atoms with Crippen molar-refractivity contribution < 1.29 is 4.39 Å². The molecule has 3 heterocycles. The molecule has 15 heavy (non-hydrogen) atoms. The molecule has 3 nitrogen and oxygen atoms in total. The first-order chi connectivity index (χ1) is 7.33. The third-order valence-corrected chi connectivity index (χ3v) is 2.96. The van der Waals surface area contributed by atoms with Gasteiger partial charge in [-0.05, 0) is 25.1 Å². The lowest BCUT2D eigenvalue weighted by Gasteiger charge is -2.03. The van der Waals surface area contributed by atoms with E-state index in [-0.39, 0.29) is 5.82 Å². The average molecular weight is 205 g/mol. The van der Waals surface area contributed by atoms with Crippen LogP contribution in [0.5, 0.6) is 0 Å². The third-order valence-electron chi connectivity index (χ3n) is 2.96. The molecule has 0 amide bonds. The van der Waals surface area contributed by atoms with E-state index in [1.165, 1.54) is 12.3 Å². The van der Waals surface area contributed by atoms with Crippen molar-refractivity contribution in [2.24, 2.45) is 0 Å². The quantitative estimate of drug-likeness (QED) is 0.745. The number of halogens is 1. The summed E-state index contributed by atoms with van der Waals surface area (Å²) in [6.07, 6.45) is 2.38. The lowest BCUT2D eigenvalue weighted by atomic mass is 10.1. The predicted molar refractivity (Wildman–Crippen MR) is 56.3 cm³/mol. The molecule has 1 unspecified atom stereocenters. The van der Waals surface area contributed by atoms with E-state index in [1.54, 1.807) is 0 Å². The first-order valence-corrected chi connectivity index (χ1v) is 5.18. The van der Waals surface area contributed by atoms with E-state index >= 15 is 0 Å². The van der Waals surface area contributed by atoms with E-state index < -0.39 is 0 Å². The van der Waals surface area contributed by atoms with Crippen LogP contribution in [0.2, 0.25) is 0 Å². The fraction of sp³-hybridized carbons (Fsp3) is 0.364. The molecule has 1 aliphatic rings. The number of nitrogens with zero attached hydrogens (tertiary/aromatic N) is 1. The molecule has 0 bridgehead atoms. The third kappa shape index (κ3) is 1.51. The van der Waals surface area contributed by atoms with Crippen LogP contribution in [-0.2, 0) is 0 Å². The number of pyridine rings is 1. The summed E-state index contributed by atoms with van der Waals surface area (Å²) in [6.45, 7) is 2.05. The zero-order chi connectivity index (χ0) is 10.3. The minimum Gasteiger partial charge on any atom is -0.343 e. The normalized spacial score (nSPS) is 21.3. The Balaban J connectivity index is 2.05. The highest BCUT2D eigenvalue weighted by molar-refractivity contribution is 5.76. The average Bonchev–Trinajstić information content (AvgIpc) is 2.84. The van der Waals surface area contributed by atoms with Gasteiger partial charge in [0.15, 0.2) is 0 Å². The molecule has 0 aromatic carbocycles. The molecule has 0 radical (unpaired) electrons. The number of nitrogens with one attached hydrogen (secondary N) is 2. The van der Waals surface area contributed by atoms with Gasteiger partial charge in [0.25, 0.3) is 0 Å². The van der Waals surface area contributed by atoms with Crippen LogP contribution in [0.3, 0.4) is 0 Å². The summed E-state index contributed by atoms with van der Waals surface area (Å²) in [5.41, 5.74) is 1.94. The standard InChI is InChI=1S/C11H12FN3/c12-9-3-8-4-10(7-1-2-13-5-7)15-11(8)14-6-9/h3-4,6-7,13H,1-2,5H2,(H,14,15). The van der Waals surface area contributed by atoms with Crippen LogP contribution in [0.1, 0.15) is 18.0 Å². The molecule has 2 aromatic heterocycles. The van der Waals surface area contributed by atoms with Gasteiger partial charge in [0.1, 0.15) is 11.5 Å². The van der Waals surface area contributed by atoms with E-state index in [1.807, 2.05) is 6.07 Å². The second-order valence-electron chi connectivity index (χ2n) is 4.01. The summed E-state index contributed by atoms with van der Waals surface area (Å²) in [7, 11) is 0. The summed E-state index contributed by atoms with van der Waals surface area (Å²) in [5.74, 6) is 0.236. The molecule has 1 fully saturated rings. The summed E-state index contributed by atoms with van der Waals surface area (Å²) in [6, 6.07) is 3.52. The highest BCUT2D eigenvalue weighted by atomic mass is 19.1. The molecular formula is C11H12FN3. The molecule has 0 spiro atoms. The van der Waals surface area contributed by atoms with Gasteiger partial charge in [-0.3, -0.25) is 0 Å². The van der Waals surface area contributed by atoms with Crippen molar-refractivity contribution in [2.75, 3.05) is 13.1 Å². The largest absolute Gasteiger partial charge is 0.343 e. The molecule has 2 aromatic rings. The lowest BCUT2D eigenvalue weighted by Crippen LogP contribution is -2.07. The van der Waals surface area contributed by atoms with Gasteiger partial charge in [-0.15, -0.1) is 0 Å². The van der Waals surface area contributed by atoms with Crippen molar-refractivity contribution in [1.29, 1.82) is 0 Å². The second-order valence-corrected chi connectivity index (χ2v) is 4.01. The number of hydrogen-bond acceptors (Lipinski definition) is 2. The second kappa shape index (κ2) is 3.31. The predicted octanol–water partition coefficient (Wildman–Crippen LogP) is 1.78. The van der Waals surface area contributed by atoms with E-state index in [0.29, 0.717) is 5.92 Å². The number of hydrogen-bond donors (Lipinski definition) is 2. The van der Waals surface area contributed by atoms with Gasteiger partial charge in [-0.2, -0.15) is 0 Å². The minimum absolute atomic E-state index is 0.280. The SMILES string of the molecule is Fc1cnc2[nH]c(C3CCNC3)cc2c1. The van der Waals surface area contributed by atoms with E-state index in [4.69, 9.17) is 0 Å². The van der Waals surface area contributed by atoms with Crippen LogP contribution < -0.4 is 5.32 Å². The molecule has 1 atom stereocenters. The van der Waals surface area contributed by atoms with Crippen LogP contribution in [-0.4, -0.2) is 23.1 Å². The monoisotopic (exact) mass is 205 g/mol. The molecule has 78 valence electrons. The van der Waals surface area contributed by atoms with Gasteiger partial charge in [0.2, 0.25) is 0 Å². The summed E-state index contributed by atoms with van der Waals surface area (Å²) >= 11 is 0. The van der Waals surface area contributed by atoms with E-state index in [2.05, 4.69) is 15.3 Å². The number of rotatable bonds is 1. The summed E-state index contributed by atoms with van der Waals surface area (Å²) in [4.78, 5) is 7.27. The molecule has 1 saturated heterocycles. The van der Waals surface area contributed by atoms with E-state index in [0.717, 1.165) is 36.2 Å². The molecule has 2 N–H and O–H groups in total. The maximum atomic E-state index is 12.9. The maximum absolute atomic E-state index is 12.9. The molecule has 3 rings (SSSR count). The van der Waals surface area contributed by atoms with Crippen molar-refractivity contribution in [1.82, 2.24) is 15.3 Å². The molecular weight excluding hydrogens is 193 g/mol. The Labute approximate surface area is 86.7 Å². The number of fused-ring (bicyclic) bond motifs is 1. The Morgan fingerprint density at radius 1 is 1.40 bits per heavy atom. The van der Waals surface area contributed by atoms with Crippen molar-refractivity contribution in [2.45, 2.75) is 12.3 Å². The first kappa shape index (κ1) is 8.85. The van der Waals surface area contributed by atoms with Crippen molar-refractivity contribution >= 4 is 11.0 Å². The van der Waals surface area contributed by atoms with Gasteiger partial charge < -0.3 is 10.3 Å². The van der Waals surface area contributed by atoms with Gasteiger partial charge >= 0.3 is 0 Å². The van der Waals surface area contributed by atoms with Crippen LogP contribution in [0.25, 0.3) is 11.0 Å². The Morgan fingerprint density at radius 3 is 3.13 bits per heavy atom. The number of H-pyrrole nitrogens is 1. The zero-order valence-electron chi connectivity index (χ0n) is 8.26. The van der Waals surface area contributed by atoms with Crippen LogP contribution in [0, 0.1) is 5.82 Å². The topological polar surface area (TPSA) is 40.7 Å². The molecule has 1 aliphatic heterocycles. The van der Waals surface area contributed by atoms with Crippen LogP contribution in [0.15, 0.2) is 18.3 Å². The Bertz CT molecular complexity index is 486. The Morgan fingerprint density at radius 2 is 2.33 bits per heavy atom. The van der Waals surface area contributed by atoms with Crippen molar-refractivity contribution in [3.63, 3.8) is 0 Å². The van der Waals surface area contributed by atoms with Crippen molar-refractivity contribution in [3.8, 4) is 0 Å². The Kier molecular flexibility index (Phi) is 1.95. The Hall–Kier alpha value is -1.42. The van der Waals surface area contributed by atoms with Gasteiger partial charge in [0.05, 0.1) is 6.20 Å². The van der Waals surface area contributed by atoms with Crippen LogP contribution in [0.4, 0.5) is 4.39 Å². The fourth-order valence-corrected chi connectivity index (χ4v) is 2.15. The van der Waals surface area contributed by atoms with E-state index in [9.17, 15) is 4.39 Å².